The van der Waals surface area contributed by atoms with Crippen LogP contribution in [-0.2, 0) is 6.42 Å². The van der Waals surface area contributed by atoms with Gasteiger partial charge in [-0.25, -0.2) is 4.98 Å². The lowest BCUT2D eigenvalue weighted by Gasteiger charge is -2.08. The lowest BCUT2D eigenvalue weighted by atomic mass is 10.1. The Kier molecular flexibility index (Phi) is 3.64. The first-order valence-corrected chi connectivity index (χ1v) is 7.69. The number of rotatable bonds is 3. The summed E-state index contributed by atoms with van der Waals surface area (Å²) in [4.78, 5) is 4.61. The number of nitrogens with zero attached hydrogens (tertiary/aromatic N) is 1. The number of benzene rings is 2. The summed E-state index contributed by atoms with van der Waals surface area (Å²) in [6, 6.07) is 16.4. The fourth-order valence-electron chi connectivity index (χ4n) is 2.01. The summed E-state index contributed by atoms with van der Waals surface area (Å²) >= 11 is 5.12. The molecule has 0 radical (unpaired) electrons. The van der Waals surface area contributed by atoms with Crippen LogP contribution in [0.3, 0.4) is 0 Å². The number of para-hydroxylation sites is 1. The highest BCUT2D eigenvalue weighted by Gasteiger charge is 2.12. The van der Waals surface area contributed by atoms with Crippen molar-refractivity contribution in [3.05, 3.63) is 63.6 Å². The first-order valence-electron chi connectivity index (χ1n) is 6.08. The van der Waals surface area contributed by atoms with Crippen LogP contribution in [0.4, 0.5) is 0 Å². The first kappa shape index (κ1) is 12.8. The second kappa shape index (κ2) is 5.41. The Morgan fingerprint density at radius 3 is 2.58 bits per heavy atom. The number of aromatic nitrogens is 1. The van der Waals surface area contributed by atoms with E-state index < -0.39 is 0 Å². The van der Waals surface area contributed by atoms with E-state index in [2.05, 4.69) is 39.1 Å². The van der Waals surface area contributed by atoms with Crippen LogP contribution in [0.15, 0.2) is 53.0 Å². The maximum atomic E-state index is 6.27. The highest BCUT2D eigenvalue weighted by atomic mass is 79.9. The number of hydrogen-bond donors (Lipinski definition) is 1. The van der Waals surface area contributed by atoms with E-state index in [9.17, 15) is 0 Å². The third kappa shape index (κ3) is 2.86. The lowest BCUT2D eigenvalue weighted by molar-refractivity contribution is 0.717. The standard InChI is InChI=1S/C15H13BrN2S/c16-11-7-5-10(6-8-11)9-12(17)15-18-13-3-1-2-4-14(13)19-15/h1-8,12H,9,17H2. The number of nitrogens with two attached hydrogens (primary N) is 1. The summed E-state index contributed by atoms with van der Waals surface area (Å²) in [5.41, 5.74) is 8.53. The third-order valence-electron chi connectivity index (χ3n) is 3.00. The van der Waals surface area contributed by atoms with Crippen molar-refractivity contribution in [2.24, 2.45) is 5.73 Å². The highest BCUT2D eigenvalue weighted by Crippen LogP contribution is 2.27. The summed E-state index contributed by atoms with van der Waals surface area (Å²) in [6.45, 7) is 0. The van der Waals surface area contributed by atoms with Gasteiger partial charge in [-0.05, 0) is 36.2 Å². The van der Waals surface area contributed by atoms with Crippen LogP contribution in [0.25, 0.3) is 10.2 Å². The fourth-order valence-corrected chi connectivity index (χ4v) is 3.24. The van der Waals surface area contributed by atoms with E-state index in [1.165, 1.54) is 10.3 Å². The Hall–Kier alpha value is -1.23. The van der Waals surface area contributed by atoms with E-state index in [0.29, 0.717) is 0 Å². The Morgan fingerprint density at radius 1 is 1.11 bits per heavy atom. The molecule has 1 aromatic heterocycles. The van der Waals surface area contributed by atoms with Gasteiger partial charge in [0.25, 0.3) is 0 Å². The molecular formula is C15H13BrN2S. The summed E-state index contributed by atoms with van der Waals surface area (Å²) in [7, 11) is 0. The van der Waals surface area contributed by atoms with Gasteiger partial charge in [0, 0.05) is 4.47 Å². The van der Waals surface area contributed by atoms with Crippen LogP contribution in [0.2, 0.25) is 0 Å². The topological polar surface area (TPSA) is 38.9 Å². The second-order valence-corrected chi connectivity index (χ2v) is 6.43. The van der Waals surface area contributed by atoms with Crippen LogP contribution in [0, 0.1) is 0 Å². The smallest absolute Gasteiger partial charge is 0.111 e. The Morgan fingerprint density at radius 2 is 1.84 bits per heavy atom. The van der Waals surface area contributed by atoms with Gasteiger partial charge in [-0.1, -0.05) is 40.2 Å². The molecule has 2 nitrogen and oxygen atoms in total. The maximum absolute atomic E-state index is 6.27. The molecule has 1 unspecified atom stereocenters. The molecule has 0 amide bonds. The van der Waals surface area contributed by atoms with Gasteiger partial charge in [-0.3, -0.25) is 0 Å². The number of fused-ring (bicyclic) bond motifs is 1. The van der Waals surface area contributed by atoms with Gasteiger partial charge in [0.2, 0.25) is 0 Å². The minimum Gasteiger partial charge on any atom is -0.322 e. The quantitative estimate of drug-likeness (QED) is 0.776. The number of halogens is 1. The zero-order valence-electron chi connectivity index (χ0n) is 10.2. The van der Waals surface area contributed by atoms with Gasteiger partial charge in [0.15, 0.2) is 0 Å². The minimum atomic E-state index is -0.0430. The minimum absolute atomic E-state index is 0.0430. The first-order chi connectivity index (χ1) is 9.22. The van der Waals surface area contributed by atoms with Crippen LogP contribution in [-0.4, -0.2) is 4.98 Å². The zero-order chi connectivity index (χ0) is 13.2. The van der Waals surface area contributed by atoms with Crippen LogP contribution < -0.4 is 5.73 Å². The van der Waals surface area contributed by atoms with Crippen molar-refractivity contribution in [1.29, 1.82) is 0 Å². The van der Waals surface area contributed by atoms with Crippen molar-refractivity contribution in [1.82, 2.24) is 4.98 Å². The van der Waals surface area contributed by atoms with Crippen LogP contribution >= 0.6 is 27.3 Å². The van der Waals surface area contributed by atoms with Crippen molar-refractivity contribution >= 4 is 37.5 Å². The monoisotopic (exact) mass is 332 g/mol. The van der Waals surface area contributed by atoms with Gasteiger partial charge in [-0.2, -0.15) is 0 Å². The van der Waals surface area contributed by atoms with Crippen LogP contribution in [0.1, 0.15) is 16.6 Å². The molecule has 1 heterocycles. The van der Waals surface area contributed by atoms with E-state index in [-0.39, 0.29) is 6.04 Å². The van der Waals surface area contributed by atoms with Crippen molar-refractivity contribution in [2.45, 2.75) is 12.5 Å². The van der Waals surface area contributed by atoms with Crippen molar-refractivity contribution in [3.63, 3.8) is 0 Å². The van der Waals surface area contributed by atoms with Gasteiger partial charge in [0.05, 0.1) is 16.3 Å². The zero-order valence-corrected chi connectivity index (χ0v) is 12.6. The predicted octanol–water partition coefficient (Wildman–Crippen LogP) is 4.30. The SMILES string of the molecule is NC(Cc1ccc(Br)cc1)c1nc2ccccc2s1. The van der Waals surface area contributed by atoms with Crippen molar-refractivity contribution < 1.29 is 0 Å². The average molecular weight is 333 g/mol. The third-order valence-corrected chi connectivity index (χ3v) is 4.69. The predicted molar refractivity (Wildman–Crippen MR) is 84.4 cm³/mol. The van der Waals surface area contributed by atoms with E-state index in [1.807, 2.05) is 30.3 Å². The molecule has 0 aliphatic rings. The van der Waals surface area contributed by atoms with Crippen molar-refractivity contribution in [3.8, 4) is 0 Å². The van der Waals surface area contributed by atoms with Gasteiger partial charge < -0.3 is 5.73 Å². The number of thiazole rings is 1. The molecule has 2 N–H and O–H groups in total. The molecule has 0 aliphatic carbocycles. The molecule has 2 aromatic carbocycles. The molecule has 0 spiro atoms. The molecule has 0 aliphatic heterocycles. The largest absolute Gasteiger partial charge is 0.322 e. The lowest BCUT2D eigenvalue weighted by Crippen LogP contribution is -2.12. The fraction of sp³-hybridized carbons (Fsp3) is 0.133. The molecular weight excluding hydrogens is 320 g/mol. The molecule has 0 bridgehead atoms. The molecule has 1 atom stereocenters. The Labute approximate surface area is 124 Å². The summed E-state index contributed by atoms with van der Waals surface area (Å²) in [5.74, 6) is 0. The van der Waals surface area contributed by atoms with E-state index in [4.69, 9.17) is 5.73 Å². The second-order valence-electron chi connectivity index (χ2n) is 4.46. The summed E-state index contributed by atoms with van der Waals surface area (Å²) in [6.07, 6.45) is 0.813. The van der Waals surface area contributed by atoms with E-state index in [1.54, 1.807) is 11.3 Å². The van der Waals surface area contributed by atoms with Gasteiger partial charge >= 0.3 is 0 Å². The summed E-state index contributed by atoms with van der Waals surface area (Å²) in [5, 5.41) is 1.00. The van der Waals surface area contributed by atoms with Gasteiger partial charge in [-0.15, -0.1) is 11.3 Å². The number of hydrogen-bond acceptors (Lipinski definition) is 3. The molecule has 0 fully saturated rings. The Balaban J connectivity index is 1.83. The van der Waals surface area contributed by atoms with Gasteiger partial charge in [0.1, 0.15) is 5.01 Å². The normalized spacial score (nSPS) is 12.7. The maximum Gasteiger partial charge on any atom is 0.111 e. The molecule has 19 heavy (non-hydrogen) atoms. The molecule has 3 aromatic rings. The molecule has 0 saturated heterocycles. The highest BCUT2D eigenvalue weighted by molar-refractivity contribution is 9.10. The van der Waals surface area contributed by atoms with Crippen molar-refractivity contribution in [2.75, 3.05) is 0 Å². The van der Waals surface area contributed by atoms with E-state index >= 15 is 0 Å². The molecule has 96 valence electrons. The molecule has 3 rings (SSSR count). The molecule has 4 heteroatoms. The van der Waals surface area contributed by atoms with E-state index in [0.717, 1.165) is 21.4 Å². The average Bonchev–Trinajstić information content (AvgIpc) is 2.85. The van der Waals surface area contributed by atoms with Crippen LogP contribution in [0.5, 0.6) is 0 Å². The summed E-state index contributed by atoms with van der Waals surface area (Å²) < 4.78 is 2.29. The Bertz CT molecular complexity index is 658. The molecule has 0 saturated carbocycles.